The zero-order chi connectivity index (χ0) is 16.8. The van der Waals surface area contributed by atoms with Crippen molar-refractivity contribution in [3.05, 3.63) is 46.1 Å². The molecule has 0 aliphatic rings. The van der Waals surface area contributed by atoms with Crippen LogP contribution in [0.4, 0.5) is 0 Å². The number of aromatic amines is 1. The van der Waals surface area contributed by atoms with Crippen molar-refractivity contribution in [1.82, 2.24) is 15.5 Å². The van der Waals surface area contributed by atoms with Crippen LogP contribution < -0.4 is 5.32 Å². The topological polar surface area (TPSA) is 81.6 Å². The summed E-state index contributed by atoms with van der Waals surface area (Å²) in [6.07, 6.45) is 3.96. The molecule has 0 spiro atoms. The van der Waals surface area contributed by atoms with Crippen LogP contribution in [0.15, 0.2) is 40.5 Å². The number of rotatable bonds is 5. The lowest BCUT2D eigenvalue weighted by atomic mass is 10.1. The minimum Gasteiger partial charge on any atom is -0.349 e. The summed E-state index contributed by atoms with van der Waals surface area (Å²) in [5, 5.41) is 19.0. The largest absolute Gasteiger partial charge is 0.349 e. The summed E-state index contributed by atoms with van der Waals surface area (Å²) in [5.74, 6) is -0.371. The van der Waals surface area contributed by atoms with Crippen molar-refractivity contribution >= 4 is 27.9 Å². The maximum Gasteiger partial charge on any atom is 0.262 e. The third kappa shape index (κ3) is 4.30. The first-order valence-corrected chi connectivity index (χ1v) is 8.06. The van der Waals surface area contributed by atoms with Crippen LogP contribution in [0.5, 0.6) is 0 Å². The van der Waals surface area contributed by atoms with Crippen molar-refractivity contribution in [2.24, 2.45) is 0 Å². The van der Waals surface area contributed by atoms with Crippen LogP contribution in [0.25, 0.3) is 17.3 Å². The fourth-order valence-electron chi connectivity index (χ4n) is 1.96. The summed E-state index contributed by atoms with van der Waals surface area (Å²) in [4.78, 5) is 12.1. The highest BCUT2D eigenvalue weighted by molar-refractivity contribution is 9.10. The summed E-state index contributed by atoms with van der Waals surface area (Å²) in [7, 11) is 0. The van der Waals surface area contributed by atoms with Gasteiger partial charge in [0.15, 0.2) is 0 Å². The Balaban J connectivity index is 2.32. The highest BCUT2D eigenvalue weighted by Gasteiger charge is 2.13. The number of benzene rings is 1. The van der Waals surface area contributed by atoms with Crippen molar-refractivity contribution in [3.8, 4) is 17.3 Å². The second-order valence-corrected chi connectivity index (χ2v) is 6.08. The zero-order valence-corrected chi connectivity index (χ0v) is 14.5. The lowest BCUT2D eigenvalue weighted by Crippen LogP contribution is -2.32. The van der Waals surface area contributed by atoms with Gasteiger partial charge < -0.3 is 5.32 Å². The van der Waals surface area contributed by atoms with Crippen molar-refractivity contribution in [2.45, 2.75) is 26.3 Å². The number of nitrogens with zero attached hydrogens (tertiary/aromatic N) is 2. The van der Waals surface area contributed by atoms with Gasteiger partial charge in [-0.05, 0) is 31.6 Å². The Bertz CT molecular complexity index is 756. The van der Waals surface area contributed by atoms with Crippen LogP contribution in [0.1, 0.15) is 25.8 Å². The van der Waals surface area contributed by atoms with Crippen molar-refractivity contribution < 1.29 is 4.79 Å². The first-order chi connectivity index (χ1) is 11.0. The van der Waals surface area contributed by atoms with E-state index in [2.05, 4.69) is 31.4 Å². The Labute approximate surface area is 143 Å². The van der Waals surface area contributed by atoms with Gasteiger partial charge >= 0.3 is 0 Å². The fraction of sp³-hybridized carbons (Fsp3) is 0.235. The molecule has 1 aromatic carbocycles. The number of nitrogens with one attached hydrogen (secondary N) is 2. The Hall–Kier alpha value is -2.39. The molecule has 5 nitrogen and oxygen atoms in total. The van der Waals surface area contributed by atoms with Crippen molar-refractivity contribution in [2.75, 3.05) is 0 Å². The van der Waals surface area contributed by atoms with Gasteiger partial charge in [0.2, 0.25) is 0 Å². The molecular weight excluding hydrogens is 356 g/mol. The van der Waals surface area contributed by atoms with Crippen LogP contribution in [0, 0.1) is 11.3 Å². The molecule has 0 saturated heterocycles. The van der Waals surface area contributed by atoms with Gasteiger partial charge in [-0.1, -0.05) is 35.0 Å². The lowest BCUT2D eigenvalue weighted by Gasteiger charge is -2.10. The SMILES string of the molecule is CC[C@H](C)NC(=O)/C(C#N)=C\c1cn[nH]c1-c1ccc(Br)cc1. The highest BCUT2D eigenvalue weighted by Crippen LogP contribution is 2.24. The summed E-state index contributed by atoms with van der Waals surface area (Å²) >= 11 is 3.39. The van der Waals surface area contributed by atoms with Gasteiger partial charge in [-0.15, -0.1) is 0 Å². The number of H-pyrrole nitrogens is 1. The zero-order valence-electron chi connectivity index (χ0n) is 12.9. The van der Waals surface area contributed by atoms with E-state index < -0.39 is 0 Å². The Morgan fingerprint density at radius 2 is 2.17 bits per heavy atom. The molecule has 1 aromatic heterocycles. The fourth-order valence-corrected chi connectivity index (χ4v) is 2.22. The van der Waals surface area contributed by atoms with Crippen LogP contribution in [-0.2, 0) is 4.79 Å². The molecule has 2 aromatic rings. The standard InChI is InChI=1S/C17H17BrN4O/c1-3-11(2)21-17(23)13(9-19)8-14-10-20-22-16(14)12-4-6-15(18)7-5-12/h4-8,10-11H,3H2,1-2H3,(H,20,22)(H,21,23)/b13-8-/t11-/m0/s1. The second kappa shape index (κ2) is 7.75. The second-order valence-electron chi connectivity index (χ2n) is 5.16. The molecule has 0 radical (unpaired) electrons. The maximum absolute atomic E-state index is 12.1. The van der Waals surface area contributed by atoms with E-state index in [0.29, 0.717) is 5.56 Å². The van der Waals surface area contributed by atoms with Crippen LogP contribution in [0.2, 0.25) is 0 Å². The minimum absolute atomic E-state index is 0.0227. The van der Waals surface area contributed by atoms with E-state index in [1.165, 1.54) is 0 Å². The number of carbonyl (C=O) groups excluding carboxylic acids is 1. The van der Waals surface area contributed by atoms with Gasteiger partial charge in [-0.2, -0.15) is 10.4 Å². The molecule has 1 atom stereocenters. The lowest BCUT2D eigenvalue weighted by molar-refractivity contribution is -0.117. The van der Waals surface area contributed by atoms with Crippen molar-refractivity contribution in [1.29, 1.82) is 5.26 Å². The molecule has 0 aliphatic heterocycles. The number of aromatic nitrogens is 2. The molecule has 1 amide bonds. The molecule has 6 heteroatoms. The summed E-state index contributed by atoms with van der Waals surface area (Å²) in [5.41, 5.74) is 2.45. The van der Waals surface area contributed by atoms with E-state index >= 15 is 0 Å². The average Bonchev–Trinajstić information content (AvgIpc) is 3.01. The Morgan fingerprint density at radius 1 is 1.48 bits per heavy atom. The highest BCUT2D eigenvalue weighted by atomic mass is 79.9. The van der Waals surface area contributed by atoms with Gasteiger partial charge in [0.05, 0.1) is 11.9 Å². The Morgan fingerprint density at radius 3 is 2.78 bits per heavy atom. The van der Waals surface area contributed by atoms with Crippen molar-refractivity contribution in [3.63, 3.8) is 0 Å². The monoisotopic (exact) mass is 372 g/mol. The molecular formula is C17H17BrN4O. The number of amides is 1. The number of hydrogen-bond acceptors (Lipinski definition) is 3. The van der Waals surface area contributed by atoms with Gasteiger partial charge in [-0.3, -0.25) is 9.89 Å². The van der Waals surface area contributed by atoms with E-state index in [1.807, 2.05) is 44.2 Å². The molecule has 0 fully saturated rings. The van der Waals surface area contributed by atoms with E-state index in [9.17, 15) is 10.1 Å². The average molecular weight is 373 g/mol. The number of halogens is 1. The predicted molar refractivity (Wildman–Crippen MR) is 93.2 cm³/mol. The first kappa shape index (κ1) is 17.0. The van der Waals surface area contributed by atoms with E-state index in [-0.39, 0.29) is 17.5 Å². The van der Waals surface area contributed by atoms with Gasteiger partial charge in [-0.25, -0.2) is 0 Å². The quantitative estimate of drug-likeness (QED) is 0.620. The molecule has 0 saturated carbocycles. The summed E-state index contributed by atoms with van der Waals surface area (Å²) < 4.78 is 0.975. The van der Waals surface area contributed by atoms with Crippen LogP contribution in [-0.4, -0.2) is 22.1 Å². The van der Waals surface area contributed by atoms with E-state index in [1.54, 1.807) is 12.3 Å². The molecule has 23 heavy (non-hydrogen) atoms. The van der Waals surface area contributed by atoms with E-state index in [4.69, 9.17) is 0 Å². The number of hydrogen-bond donors (Lipinski definition) is 2. The normalized spacial score (nSPS) is 12.5. The van der Waals surface area contributed by atoms with Gasteiger partial charge in [0.1, 0.15) is 11.6 Å². The third-order valence-corrected chi connectivity index (χ3v) is 3.99. The molecule has 2 rings (SSSR count). The van der Waals surface area contributed by atoms with Crippen LogP contribution in [0.3, 0.4) is 0 Å². The Kier molecular flexibility index (Phi) is 5.72. The third-order valence-electron chi connectivity index (χ3n) is 3.46. The molecule has 0 bridgehead atoms. The summed E-state index contributed by atoms with van der Waals surface area (Å²) in [6, 6.07) is 9.68. The first-order valence-electron chi connectivity index (χ1n) is 7.27. The van der Waals surface area contributed by atoms with Gasteiger partial charge in [0, 0.05) is 21.6 Å². The number of carbonyl (C=O) groups is 1. The smallest absolute Gasteiger partial charge is 0.262 e. The molecule has 0 unspecified atom stereocenters. The van der Waals surface area contributed by atoms with Crippen LogP contribution >= 0.6 is 15.9 Å². The van der Waals surface area contributed by atoms with Gasteiger partial charge in [0.25, 0.3) is 5.91 Å². The molecule has 1 heterocycles. The number of nitriles is 1. The maximum atomic E-state index is 12.1. The predicted octanol–water partition coefficient (Wildman–Crippen LogP) is 3.66. The summed E-state index contributed by atoms with van der Waals surface area (Å²) in [6.45, 7) is 3.88. The minimum atomic E-state index is -0.371. The molecule has 0 aliphatic carbocycles. The van der Waals surface area contributed by atoms with E-state index in [0.717, 1.165) is 22.2 Å². The molecule has 118 valence electrons. The molecule has 2 N–H and O–H groups in total.